The summed E-state index contributed by atoms with van der Waals surface area (Å²) in [6.07, 6.45) is 0. The fourth-order valence-electron chi connectivity index (χ4n) is 0.532. The summed E-state index contributed by atoms with van der Waals surface area (Å²) in [5, 5.41) is 0. The molecule has 0 heterocycles. The van der Waals surface area contributed by atoms with Crippen LogP contribution >= 0.6 is 0 Å². The molecule has 12 heavy (non-hydrogen) atoms. The second-order valence-corrected chi connectivity index (χ2v) is 7.80. The number of hydrogen-bond donors (Lipinski definition) is 0. The molecule has 0 aliphatic carbocycles. The van der Waals surface area contributed by atoms with Crippen LogP contribution in [0.3, 0.4) is 0 Å². The van der Waals surface area contributed by atoms with Gasteiger partial charge in [-0.25, -0.2) is 4.79 Å². The third-order valence-corrected chi connectivity index (χ3v) is 1.65. The number of esters is 1. The van der Waals surface area contributed by atoms with Gasteiger partial charge >= 0.3 is 11.9 Å². The van der Waals surface area contributed by atoms with Gasteiger partial charge in [0.25, 0.3) is 0 Å². The van der Waals surface area contributed by atoms with Crippen LogP contribution in [0.5, 0.6) is 0 Å². The summed E-state index contributed by atoms with van der Waals surface area (Å²) in [4.78, 5) is 21.2. The Morgan fingerprint density at radius 2 is 1.75 bits per heavy atom. The summed E-state index contributed by atoms with van der Waals surface area (Å²) in [6.45, 7) is 6.64. The quantitative estimate of drug-likeness (QED) is 0.490. The molecule has 0 atom stereocenters. The number of ether oxygens (including phenoxy) is 1. The van der Waals surface area contributed by atoms with Gasteiger partial charge in [-0.05, 0) is 19.6 Å². The fourth-order valence-corrected chi connectivity index (χ4v) is 1.27. The summed E-state index contributed by atoms with van der Waals surface area (Å²) < 4.78 is 9.47. The molecule has 5 heteroatoms. The summed E-state index contributed by atoms with van der Waals surface area (Å²) in [5.41, 5.74) is 0. The smallest absolute Gasteiger partial charge is 0.330 e. The third kappa shape index (κ3) is 7.27. The molecule has 0 aromatic rings. The minimum atomic E-state index is -1.83. The van der Waals surface area contributed by atoms with E-state index in [0.717, 1.165) is 0 Å². The van der Waals surface area contributed by atoms with Crippen LogP contribution in [0.2, 0.25) is 19.6 Å². The van der Waals surface area contributed by atoms with E-state index in [1.54, 1.807) is 0 Å². The molecule has 0 radical (unpaired) electrons. The zero-order valence-corrected chi connectivity index (χ0v) is 8.84. The lowest BCUT2D eigenvalue weighted by Crippen LogP contribution is -2.31. The number of rotatable bonds is 3. The number of hydrogen-bond acceptors (Lipinski definition) is 4. The van der Waals surface area contributed by atoms with E-state index in [9.17, 15) is 9.59 Å². The largest absolute Gasteiger partial charge is 0.517 e. The van der Waals surface area contributed by atoms with Crippen molar-refractivity contribution in [3.8, 4) is 0 Å². The van der Waals surface area contributed by atoms with Crippen molar-refractivity contribution in [1.82, 2.24) is 0 Å². The minimum absolute atomic E-state index is 0.278. The first-order chi connectivity index (χ1) is 5.31. The van der Waals surface area contributed by atoms with E-state index in [2.05, 4.69) is 4.74 Å². The van der Waals surface area contributed by atoms with Gasteiger partial charge in [0.05, 0.1) is 0 Å². The first-order valence-electron chi connectivity index (χ1n) is 3.66. The van der Waals surface area contributed by atoms with E-state index in [1.807, 2.05) is 19.6 Å². The third-order valence-electron chi connectivity index (χ3n) is 0.813. The average molecular weight is 190 g/mol. The normalized spacial score (nSPS) is 10.7. The molecule has 0 N–H and O–H groups in total. The monoisotopic (exact) mass is 190 g/mol. The number of carbonyl (C=O) groups is 2. The molecule has 0 aliphatic rings. The Hall–Kier alpha value is -0.843. The van der Waals surface area contributed by atoms with Gasteiger partial charge in [-0.2, -0.15) is 0 Å². The van der Waals surface area contributed by atoms with Crippen molar-refractivity contribution in [2.75, 3.05) is 6.61 Å². The van der Waals surface area contributed by atoms with Crippen LogP contribution in [0.25, 0.3) is 0 Å². The van der Waals surface area contributed by atoms with Gasteiger partial charge in [-0.1, -0.05) is 0 Å². The van der Waals surface area contributed by atoms with Crippen LogP contribution in [-0.2, 0) is 18.8 Å². The highest BCUT2D eigenvalue weighted by Gasteiger charge is 2.20. The summed E-state index contributed by atoms with van der Waals surface area (Å²) >= 11 is 0. The molecule has 0 saturated heterocycles. The van der Waals surface area contributed by atoms with E-state index < -0.39 is 20.3 Å². The summed E-state index contributed by atoms with van der Waals surface area (Å²) in [5.74, 6) is -0.938. The molecule has 70 valence electrons. The molecule has 0 amide bonds. The van der Waals surface area contributed by atoms with Crippen molar-refractivity contribution < 1.29 is 18.8 Å². The fraction of sp³-hybridized carbons (Fsp3) is 0.714. The van der Waals surface area contributed by atoms with Gasteiger partial charge in [-0.3, -0.25) is 4.79 Å². The van der Waals surface area contributed by atoms with Gasteiger partial charge < -0.3 is 9.16 Å². The zero-order valence-electron chi connectivity index (χ0n) is 7.84. The Balaban J connectivity index is 3.68. The van der Waals surface area contributed by atoms with E-state index in [4.69, 9.17) is 4.43 Å². The van der Waals surface area contributed by atoms with Crippen LogP contribution in [0.1, 0.15) is 6.92 Å². The van der Waals surface area contributed by atoms with E-state index in [0.29, 0.717) is 0 Å². The van der Waals surface area contributed by atoms with Gasteiger partial charge in [0.2, 0.25) is 8.32 Å². The van der Waals surface area contributed by atoms with Gasteiger partial charge in [0, 0.05) is 6.92 Å². The van der Waals surface area contributed by atoms with Crippen LogP contribution in [0.4, 0.5) is 0 Å². The molecule has 0 rings (SSSR count). The average Bonchev–Trinajstić information content (AvgIpc) is 1.79. The Morgan fingerprint density at radius 1 is 1.25 bits per heavy atom. The van der Waals surface area contributed by atoms with Crippen molar-refractivity contribution in [2.45, 2.75) is 26.6 Å². The summed E-state index contributed by atoms with van der Waals surface area (Å²) in [6, 6.07) is 0. The van der Waals surface area contributed by atoms with Crippen molar-refractivity contribution in [2.24, 2.45) is 0 Å². The molecular formula is C7H14O4Si. The topological polar surface area (TPSA) is 52.6 Å². The molecule has 0 spiro atoms. The second-order valence-electron chi connectivity index (χ2n) is 3.37. The SMILES string of the molecule is CC(=O)OCC(=O)O[Si](C)(C)C. The maximum Gasteiger partial charge on any atom is 0.330 e. The van der Waals surface area contributed by atoms with Crippen LogP contribution < -0.4 is 0 Å². The molecule has 0 bridgehead atoms. The van der Waals surface area contributed by atoms with Gasteiger partial charge in [0.1, 0.15) is 0 Å². The highest BCUT2D eigenvalue weighted by atomic mass is 28.4. The lowest BCUT2D eigenvalue weighted by molar-refractivity contribution is -0.152. The highest BCUT2D eigenvalue weighted by molar-refractivity contribution is 6.71. The maximum atomic E-state index is 10.9. The van der Waals surface area contributed by atoms with Crippen molar-refractivity contribution in [1.29, 1.82) is 0 Å². The lowest BCUT2D eigenvalue weighted by Gasteiger charge is -2.16. The van der Waals surface area contributed by atoms with Crippen LogP contribution in [0, 0.1) is 0 Å². The Kier molecular flexibility index (Phi) is 3.95. The zero-order chi connectivity index (χ0) is 9.78. The molecule has 0 fully saturated rings. The molecule has 0 saturated carbocycles. The van der Waals surface area contributed by atoms with Gasteiger partial charge in [-0.15, -0.1) is 0 Å². The first-order valence-corrected chi connectivity index (χ1v) is 7.07. The molecule has 0 aromatic heterocycles. The Bertz CT molecular complexity index is 182. The molecule has 0 aliphatic heterocycles. The van der Waals surface area contributed by atoms with Crippen molar-refractivity contribution in [3.63, 3.8) is 0 Å². The predicted molar refractivity (Wildman–Crippen MR) is 46.1 cm³/mol. The van der Waals surface area contributed by atoms with E-state index in [-0.39, 0.29) is 6.61 Å². The molecular weight excluding hydrogens is 176 g/mol. The van der Waals surface area contributed by atoms with Crippen molar-refractivity contribution in [3.05, 3.63) is 0 Å². The first kappa shape index (κ1) is 11.2. The standard InChI is InChI=1S/C7H14O4Si/c1-6(8)10-5-7(9)11-12(2,3)4/h5H2,1-4H3. The number of carbonyl (C=O) groups excluding carboxylic acids is 2. The predicted octanol–water partition coefficient (Wildman–Crippen LogP) is 0.928. The molecule has 4 nitrogen and oxygen atoms in total. The lowest BCUT2D eigenvalue weighted by atomic mass is 10.7. The highest BCUT2D eigenvalue weighted by Crippen LogP contribution is 2.02. The Morgan fingerprint density at radius 3 is 2.08 bits per heavy atom. The summed E-state index contributed by atoms with van der Waals surface area (Å²) in [7, 11) is -1.83. The maximum absolute atomic E-state index is 10.9. The molecule has 0 aromatic carbocycles. The Labute approximate surface area is 73.0 Å². The minimum Gasteiger partial charge on any atom is -0.517 e. The molecule has 0 unspecified atom stereocenters. The van der Waals surface area contributed by atoms with Crippen molar-refractivity contribution >= 4 is 20.3 Å². The van der Waals surface area contributed by atoms with Gasteiger partial charge in [0.15, 0.2) is 6.61 Å². The van der Waals surface area contributed by atoms with E-state index >= 15 is 0 Å². The second kappa shape index (κ2) is 4.25. The van der Waals surface area contributed by atoms with Crippen LogP contribution in [0.15, 0.2) is 0 Å². The van der Waals surface area contributed by atoms with Crippen LogP contribution in [-0.4, -0.2) is 26.9 Å². The van der Waals surface area contributed by atoms with E-state index in [1.165, 1.54) is 6.92 Å².